The van der Waals surface area contributed by atoms with Crippen molar-refractivity contribution >= 4 is 15.9 Å². The summed E-state index contributed by atoms with van der Waals surface area (Å²) in [6.07, 6.45) is 1.60. The lowest BCUT2D eigenvalue weighted by atomic mass is 9.92. The Balaban J connectivity index is 2.19. The smallest absolute Gasteiger partial charge is 0.0974 e. The predicted octanol–water partition coefficient (Wildman–Crippen LogP) is 2.83. The van der Waals surface area contributed by atoms with Crippen LogP contribution in [0.25, 0.3) is 0 Å². The summed E-state index contributed by atoms with van der Waals surface area (Å²) in [7, 11) is 0. The number of nitrogens with zero attached hydrogens (tertiary/aromatic N) is 1. The van der Waals surface area contributed by atoms with E-state index >= 15 is 0 Å². The zero-order chi connectivity index (χ0) is 10.8. The maximum atomic E-state index is 9.94. The third-order valence-electron chi connectivity index (χ3n) is 2.81. The monoisotopic (exact) mass is 265 g/mol. The van der Waals surface area contributed by atoms with Crippen LogP contribution in [0, 0.1) is 17.2 Å². The van der Waals surface area contributed by atoms with E-state index in [9.17, 15) is 5.11 Å². The molecular formula is C12H12BrNO. The third-order valence-corrected chi connectivity index (χ3v) is 3.34. The van der Waals surface area contributed by atoms with Gasteiger partial charge in [-0.15, -0.1) is 0 Å². The number of aliphatic hydroxyl groups is 1. The van der Waals surface area contributed by atoms with Crippen LogP contribution in [0.3, 0.4) is 0 Å². The van der Waals surface area contributed by atoms with Crippen molar-refractivity contribution in [3.05, 3.63) is 34.3 Å². The first-order chi connectivity index (χ1) is 7.22. The second kappa shape index (κ2) is 4.34. The first-order valence-corrected chi connectivity index (χ1v) is 5.85. The molecule has 2 unspecified atom stereocenters. The van der Waals surface area contributed by atoms with Crippen molar-refractivity contribution in [1.29, 1.82) is 5.26 Å². The predicted molar refractivity (Wildman–Crippen MR) is 61.2 cm³/mol. The molecule has 1 saturated carbocycles. The van der Waals surface area contributed by atoms with Gasteiger partial charge >= 0.3 is 0 Å². The van der Waals surface area contributed by atoms with Crippen molar-refractivity contribution in [2.24, 2.45) is 5.92 Å². The van der Waals surface area contributed by atoms with Gasteiger partial charge in [0.1, 0.15) is 0 Å². The Labute approximate surface area is 97.7 Å². The van der Waals surface area contributed by atoms with E-state index < -0.39 is 6.10 Å². The highest BCUT2D eigenvalue weighted by Crippen LogP contribution is 2.38. The number of aliphatic hydroxyl groups excluding tert-OH is 1. The van der Waals surface area contributed by atoms with Crippen LogP contribution in [0.5, 0.6) is 0 Å². The molecule has 78 valence electrons. The number of rotatable bonds is 3. The molecule has 0 saturated heterocycles. The number of nitriles is 1. The highest BCUT2D eigenvalue weighted by Gasteiger charge is 2.35. The van der Waals surface area contributed by atoms with E-state index in [1.807, 2.05) is 24.3 Å². The Morgan fingerprint density at radius 1 is 1.33 bits per heavy atom. The average molecular weight is 266 g/mol. The molecule has 0 heterocycles. The molecule has 0 radical (unpaired) electrons. The maximum absolute atomic E-state index is 9.94. The largest absolute Gasteiger partial charge is 0.391 e. The van der Waals surface area contributed by atoms with E-state index in [1.165, 1.54) is 0 Å². The highest BCUT2D eigenvalue weighted by molar-refractivity contribution is 9.10. The third kappa shape index (κ3) is 2.39. The summed E-state index contributed by atoms with van der Waals surface area (Å²) >= 11 is 3.35. The minimum absolute atomic E-state index is 0.332. The molecule has 3 heteroatoms. The molecule has 1 fully saturated rings. The minimum atomic E-state index is -0.504. The zero-order valence-electron chi connectivity index (χ0n) is 8.23. The van der Waals surface area contributed by atoms with Crippen molar-refractivity contribution in [2.45, 2.75) is 24.9 Å². The first-order valence-electron chi connectivity index (χ1n) is 5.05. The minimum Gasteiger partial charge on any atom is -0.391 e. The SMILES string of the molecule is N#CC(c1ccc(Br)cc1)C(O)C1CC1. The van der Waals surface area contributed by atoms with E-state index in [-0.39, 0.29) is 5.92 Å². The van der Waals surface area contributed by atoms with E-state index in [0.29, 0.717) is 5.92 Å². The molecule has 1 aliphatic carbocycles. The fourth-order valence-corrected chi connectivity index (χ4v) is 1.99. The molecule has 0 aliphatic heterocycles. The molecule has 1 aromatic rings. The molecule has 2 rings (SSSR count). The van der Waals surface area contributed by atoms with Gasteiger partial charge < -0.3 is 5.11 Å². The van der Waals surface area contributed by atoms with E-state index in [0.717, 1.165) is 22.9 Å². The Kier molecular flexibility index (Phi) is 3.08. The quantitative estimate of drug-likeness (QED) is 0.914. The average Bonchev–Trinajstić information content (AvgIpc) is 3.05. The lowest BCUT2D eigenvalue weighted by molar-refractivity contribution is 0.138. The summed E-state index contributed by atoms with van der Waals surface area (Å²) in [4.78, 5) is 0. The Bertz CT molecular complexity index is 378. The fourth-order valence-electron chi connectivity index (χ4n) is 1.73. The van der Waals surface area contributed by atoms with Crippen LogP contribution in [0.4, 0.5) is 0 Å². The van der Waals surface area contributed by atoms with Crippen LogP contribution in [-0.2, 0) is 0 Å². The summed E-state index contributed by atoms with van der Waals surface area (Å²) in [5.41, 5.74) is 0.903. The van der Waals surface area contributed by atoms with Crippen LogP contribution in [0.15, 0.2) is 28.7 Å². The molecular weight excluding hydrogens is 254 g/mol. The van der Waals surface area contributed by atoms with Gasteiger partial charge in [0.05, 0.1) is 18.1 Å². The second-order valence-corrected chi connectivity index (χ2v) is 4.90. The van der Waals surface area contributed by atoms with Gasteiger partial charge in [-0.05, 0) is 36.5 Å². The summed E-state index contributed by atoms with van der Waals surface area (Å²) in [6.45, 7) is 0. The molecule has 0 spiro atoms. The summed E-state index contributed by atoms with van der Waals surface area (Å²) in [5, 5.41) is 19.0. The van der Waals surface area contributed by atoms with Crippen LogP contribution < -0.4 is 0 Å². The standard InChI is InChI=1S/C12H12BrNO/c13-10-5-3-8(4-6-10)11(7-14)12(15)9-1-2-9/h3-6,9,11-12,15H,1-2H2. The second-order valence-electron chi connectivity index (χ2n) is 3.99. The van der Waals surface area contributed by atoms with Gasteiger partial charge in [0, 0.05) is 4.47 Å². The first kappa shape index (κ1) is 10.7. The Morgan fingerprint density at radius 3 is 2.40 bits per heavy atom. The van der Waals surface area contributed by atoms with Gasteiger partial charge in [-0.25, -0.2) is 0 Å². The number of hydrogen-bond donors (Lipinski definition) is 1. The molecule has 2 atom stereocenters. The van der Waals surface area contributed by atoms with Crippen LogP contribution in [0.2, 0.25) is 0 Å². The lowest BCUT2D eigenvalue weighted by Gasteiger charge is -2.16. The van der Waals surface area contributed by atoms with Crippen LogP contribution in [0.1, 0.15) is 24.3 Å². The van der Waals surface area contributed by atoms with Gasteiger partial charge in [-0.1, -0.05) is 28.1 Å². The zero-order valence-corrected chi connectivity index (χ0v) is 9.81. The Hall–Kier alpha value is -0.850. The van der Waals surface area contributed by atoms with Gasteiger partial charge in [0.15, 0.2) is 0 Å². The van der Waals surface area contributed by atoms with Crippen molar-refractivity contribution < 1.29 is 5.11 Å². The maximum Gasteiger partial charge on any atom is 0.0974 e. The topological polar surface area (TPSA) is 44.0 Å². The van der Waals surface area contributed by atoms with Gasteiger partial charge in [0.2, 0.25) is 0 Å². The van der Waals surface area contributed by atoms with Gasteiger partial charge in [-0.3, -0.25) is 0 Å². The molecule has 2 nitrogen and oxygen atoms in total. The number of benzene rings is 1. The number of hydrogen-bond acceptors (Lipinski definition) is 2. The molecule has 1 aromatic carbocycles. The number of halogens is 1. The van der Waals surface area contributed by atoms with Gasteiger partial charge in [-0.2, -0.15) is 5.26 Å². The van der Waals surface area contributed by atoms with Gasteiger partial charge in [0.25, 0.3) is 0 Å². The van der Waals surface area contributed by atoms with Crippen molar-refractivity contribution in [3.8, 4) is 6.07 Å². The molecule has 0 amide bonds. The summed E-state index contributed by atoms with van der Waals surface area (Å²) in [5.74, 6) is -0.0519. The van der Waals surface area contributed by atoms with Crippen LogP contribution in [-0.4, -0.2) is 11.2 Å². The molecule has 15 heavy (non-hydrogen) atoms. The van der Waals surface area contributed by atoms with Crippen LogP contribution >= 0.6 is 15.9 Å². The summed E-state index contributed by atoms with van der Waals surface area (Å²) in [6, 6.07) is 9.78. The molecule has 1 N–H and O–H groups in total. The van der Waals surface area contributed by atoms with Crippen molar-refractivity contribution in [2.75, 3.05) is 0 Å². The lowest BCUT2D eigenvalue weighted by Crippen LogP contribution is -2.19. The summed E-state index contributed by atoms with van der Waals surface area (Å²) < 4.78 is 0.990. The molecule has 1 aliphatic rings. The van der Waals surface area contributed by atoms with E-state index in [4.69, 9.17) is 5.26 Å². The van der Waals surface area contributed by atoms with E-state index in [2.05, 4.69) is 22.0 Å². The fraction of sp³-hybridized carbons (Fsp3) is 0.417. The molecule has 0 aromatic heterocycles. The Morgan fingerprint density at radius 2 is 1.93 bits per heavy atom. The van der Waals surface area contributed by atoms with Crippen molar-refractivity contribution in [1.82, 2.24) is 0 Å². The molecule has 0 bridgehead atoms. The highest BCUT2D eigenvalue weighted by atomic mass is 79.9. The van der Waals surface area contributed by atoms with E-state index in [1.54, 1.807) is 0 Å². The van der Waals surface area contributed by atoms with Crippen molar-refractivity contribution in [3.63, 3.8) is 0 Å². The normalized spacial score (nSPS) is 19.3.